The molecule has 0 bridgehead atoms. The lowest BCUT2D eigenvalue weighted by Gasteiger charge is -2.13. The Morgan fingerprint density at radius 1 is 1.03 bits per heavy atom. The molecule has 0 saturated heterocycles. The Bertz CT molecular complexity index is 1460. The van der Waals surface area contributed by atoms with Gasteiger partial charge in [0.15, 0.2) is 11.5 Å². The molecular formula is C23H18F4N6O4. The largest absolute Gasteiger partial charge is 0.497 e. The molecule has 0 aliphatic rings. The van der Waals surface area contributed by atoms with Crippen molar-refractivity contribution in [1.82, 2.24) is 24.7 Å². The van der Waals surface area contributed by atoms with Gasteiger partial charge in [0.05, 0.1) is 21.3 Å². The molecule has 0 unspecified atom stereocenters. The standard InChI is InChI=1S/C23H18F4N6O4/c1-35-15-8-13(24)7-14(9-15)30-22-29-11-17(12-6-16(21(34)37-3)20(36-2)28-10-12)19(31-22)33-5-4-18(32-33)23(25,26)27/h4-11H,1-3H3,(H,29,30,31). The first-order valence-corrected chi connectivity index (χ1v) is 10.4. The molecule has 0 saturated carbocycles. The van der Waals surface area contributed by atoms with E-state index in [4.69, 9.17) is 14.2 Å². The molecule has 4 rings (SSSR count). The van der Waals surface area contributed by atoms with Crippen molar-refractivity contribution in [3.63, 3.8) is 0 Å². The van der Waals surface area contributed by atoms with Crippen molar-refractivity contribution in [1.29, 1.82) is 0 Å². The Balaban J connectivity index is 1.85. The summed E-state index contributed by atoms with van der Waals surface area (Å²) in [6.45, 7) is 0. The molecule has 37 heavy (non-hydrogen) atoms. The van der Waals surface area contributed by atoms with Crippen LogP contribution in [0.1, 0.15) is 16.1 Å². The van der Waals surface area contributed by atoms with Crippen LogP contribution < -0.4 is 14.8 Å². The number of nitrogens with one attached hydrogen (secondary N) is 1. The number of halogens is 4. The van der Waals surface area contributed by atoms with E-state index in [9.17, 15) is 22.4 Å². The Kier molecular flexibility index (Phi) is 6.91. The fourth-order valence-corrected chi connectivity index (χ4v) is 3.30. The number of methoxy groups -OCH3 is 3. The molecule has 192 valence electrons. The number of nitrogens with zero attached hydrogens (tertiary/aromatic N) is 5. The van der Waals surface area contributed by atoms with Crippen LogP contribution in [0.2, 0.25) is 0 Å². The summed E-state index contributed by atoms with van der Waals surface area (Å²) in [5.41, 5.74) is -0.506. The zero-order valence-electron chi connectivity index (χ0n) is 19.5. The normalized spacial score (nSPS) is 11.2. The predicted octanol–water partition coefficient (Wildman–Crippen LogP) is 4.43. The van der Waals surface area contributed by atoms with Gasteiger partial charge in [0.2, 0.25) is 11.8 Å². The number of alkyl halides is 3. The first kappa shape index (κ1) is 25.3. The third kappa shape index (κ3) is 5.42. The second kappa shape index (κ2) is 10.1. The smallest absolute Gasteiger partial charge is 0.435 e. The van der Waals surface area contributed by atoms with Crippen molar-refractivity contribution in [2.75, 3.05) is 26.6 Å². The molecule has 0 fully saturated rings. The van der Waals surface area contributed by atoms with Crippen molar-refractivity contribution < 1.29 is 36.6 Å². The van der Waals surface area contributed by atoms with Gasteiger partial charge in [-0.3, -0.25) is 0 Å². The average Bonchev–Trinajstić information content (AvgIpc) is 3.38. The number of benzene rings is 1. The van der Waals surface area contributed by atoms with Gasteiger partial charge < -0.3 is 19.5 Å². The number of carbonyl (C=O) groups excluding carboxylic acids is 1. The van der Waals surface area contributed by atoms with Crippen molar-refractivity contribution >= 4 is 17.6 Å². The number of aromatic nitrogens is 5. The zero-order chi connectivity index (χ0) is 26.7. The molecule has 1 N–H and O–H groups in total. The van der Waals surface area contributed by atoms with E-state index in [0.29, 0.717) is 0 Å². The highest BCUT2D eigenvalue weighted by Gasteiger charge is 2.34. The number of esters is 1. The number of hydrogen-bond donors (Lipinski definition) is 1. The lowest BCUT2D eigenvalue weighted by atomic mass is 10.1. The molecule has 0 aliphatic carbocycles. The Morgan fingerprint density at radius 2 is 1.81 bits per heavy atom. The molecule has 1 aromatic carbocycles. The molecule has 3 heterocycles. The second-order valence-electron chi connectivity index (χ2n) is 7.35. The van der Waals surface area contributed by atoms with E-state index in [-0.39, 0.29) is 45.8 Å². The van der Waals surface area contributed by atoms with Gasteiger partial charge in [0.25, 0.3) is 0 Å². The molecule has 10 nitrogen and oxygen atoms in total. The highest BCUT2D eigenvalue weighted by molar-refractivity contribution is 5.93. The van der Waals surface area contributed by atoms with Crippen LogP contribution >= 0.6 is 0 Å². The molecule has 0 atom stereocenters. The number of hydrogen-bond acceptors (Lipinski definition) is 9. The van der Waals surface area contributed by atoms with E-state index in [1.165, 1.54) is 51.9 Å². The van der Waals surface area contributed by atoms with Gasteiger partial charge in [-0.2, -0.15) is 23.3 Å². The lowest BCUT2D eigenvalue weighted by Crippen LogP contribution is -2.10. The summed E-state index contributed by atoms with van der Waals surface area (Å²) in [6, 6.07) is 5.95. The molecular weight excluding hydrogens is 500 g/mol. The summed E-state index contributed by atoms with van der Waals surface area (Å²) >= 11 is 0. The minimum absolute atomic E-state index is 0.0187. The zero-order valence-corrected chi connectivity index (χ0v) is 19.5. The van der Waals surface area contributed by atoms with Crippen LogP contribution in [0.25, 0.3) is 16.9 Å². The highest BCUT2D eigenvalue weighted by Crippen LogP contribution is 2.32. The van der Waals surface area contributed by atoms with Gasteiger partial charge in [-0.1, -0.05) is 0 Å². The van der Waals surface area contributed by atoms with Gasteiger partial charge in [-0.05, 0) is 18.2 Å². The van der Waals surface area contributed by atoms with Crippen LogP contribution in [0.15, 0.2) is 48.9 Å². The first-order chi connectivity index (χ1) is 17.6. The fourth-order valence-electron chi connectivity index (χ4n) is 3.30. The SMILES string of the molecule is COC(=O)c1cc(-c2cnc(Nc3cc(F)cc(OC)c3)nc2-n2ccc(C(F)(F)F)n2)cnc1OC. The van der Waals surface area contributed by atoms with E-state index >= 15 is 0 Å². The topological polar surface area (TPSA) is 113 Å². The number of ether oxygens (including phenoxy) is 3. The maximum atomic E-state index is 13.9. The summed E-state index contributed by atoms with van der Waals surface area (Å²) in [7, 11) is 3.85. The van der Waals surface area contributed by atoms with E-state index in [0.717, 1.165) is 23.0 Å². The van der Waals surface area contributed by atoms with E-state index < -0.39 is 23.7 Å². The quantitative estimate of drug-likeness (QED) is 0.280. The Morgan fingerprint density at radius 3 is 2.46 bits per heavy atom. The summed E-state index contributed by atoms with van der Waals surface area (Å²) < 4.78 is 69.4. The van der Waals surface area contributed by atoms with Gasteiger partial charge in [-0.25, -0.2) is 23.8 Å². The highest BCUT2D eigenvalue weighted by atomic mass is 19.4. The van der Waals surface area contributed by atoms with Gasteiger partial charge in [0, 0.05) is 47.5 Å². The number of anilines is 2. The Hall–Kier alpha value is -4.75. The molecule has 0 spiro atoms. The van der Waals surface area contributed by atoms with Crippen LogP contribution in [0.4, 0.5) is 29.2 Å². The summed E-state index contributed by atoms with van der Waals surface area (Å²) in [5, 5.41) is 6.38. The monoisotopic (exact) mass is 518 g/mol. The van der Waals surface area contributed by atoms with Crippen LogP contribution in [0.3, 0.4) is 0 Å². The van der Waals surface area contributed by atoms with Crippen molar-refractivity contribution in [2.24, 2.45) is 0 Å². The molecule has 3 aromatic heterocycles. The van der Waals surface area contributed by atoms with Crippen molar-refractivity contribution in [2.45, 2.75) is 6.18 Å². The van der Waals surface area contributed by atoms with Crippen molar-refractivity contribution in [3.8, 4) is 28.6 Å². The maximum absolute atomic E-state index is 13.9. The third-order valence-corrected chi connectivity index (χ3v) is 4.99. The van der Waals surface area contributed by atoms with E-state index in [2.05, 4.69) is 25.4 Å². The van der Waals surface area contributed by atoms with Crippen LogP contribution in [0.5, 0.6) is 11.6 Å². The number of pyridine rings is 1. The molecule has 0 aliphatic heterocycles. The van der Waals surface area contributed by atoms with Crippen LogP contribution in [-0.4, -0.2) is 52.0 Å². The van der Waals surface area contributed by atoms with Gasteiger partial charge >= 0.3 is 12.1 Å². The fraction of sp³-hybridized carbons (Fsp3) is 0.174. The minimum atomic E-state index is -4.70. The molecule has 0 amide bonds. The van der Waals surface area contributed by atoms with E-state index in [1.807, 2.05) is 0 Å². The van der Waals surface area contributed by atoms with Crippen LogP contribution in [0, 0.1) is 5.82 Å². The Labute approximate surface area is 206 Å². The predicted molar refractivity (Wildman–Crippen MR) is 122 cm³/mol. The second-order valence-corrected chi connectivity index (χ2v) is 7.35. The number of rotatable bonds is 7. The average molecular weight is 518 g/mol. The summed E-state index contributed by atoms with van der Waals surface area (Å²) in [4.78, 5) is 24.8. The van der Waals surface area contributed by atoms with Gasteiger partial charge in [0.1, 0.15) is 17.1 Å². The minimum Gasteiger partial charge on any atom is -0.497 e. The van der Waals surface area contributed by atoms with Crippen molar-refractivity contribution in [3.05, 3.63) is 66.0 Å². The van der Waals surface area contributed by atoms with Gasteiger partial charge in [-0.15, -0.1) is 0 Å². The summed E-state index contributed by atoms with van der Waals surface area (Å²) in [5.74, 6) is -1.30. The lowest BCUT2D eigenvalue weighted by molar-refractivity contribution is -0.141. The summed E-state index contributed by atoms with van der Waals surface area (Å²) in [6.07, 6.45) is -1.01. The number of carbonyl (C=O) groups is 1. The molecule has 0 radical (unpaired) electrons. The van der Waals surface area contributed by atoms with Crippen LogP contribution in [-0.2, 0) is 10.9 Å². The van der Waals surface area contributed by atoms with E-state index in [1.54, 1.807) is 0 Å². The first-order valence-electron chi connectivity index (χ1n) is 10.4. The molecule has 4 aromatic rings. The maximum Gasteiger partial charge on any atom is 0.435 e. The third-order valence-electron chi connectivity index (χ3n) is 4.99. The molecule has 14 heteroatoms.